The van der Waals surface area contributed by atoms with Crippen molar-refractivity contribution in [2.24, 2.45) is 0 Å². The standard InChI is InChI=1S/C11H8ClFN4O/c1-6-4-8(17-11(12)15-6)10(18)16-7-2-3-9(13)14-5-7/h2-5H,1H3,(H,16,18). The smallest absolute Gasteiger partial charge is 0.274 e. The molecule has 2 aromatic rings. The molecule has 0 saturated heterocycles. The Morgan fingerprint density at radius 2 is 2.17 bits per heavy atom. The number of carbonyl (C=O) groups excluding carboxylic acids is 1. The molecule has 7 heteroatoms. The van der Waals surface area contributed by atoms with Gasteiger partial charge in [0, 0.05) is 5.69 Å². The van der Waals surface area contributed by atoms with Crippen molar-refractivity contribution in [1.29, 1.82) is 0 Å². The fraction of sp³-hybridized carbons (Fsp3) is 0.0909. The topological polar surface area (TPSA) is 67.8 Å². The Morgan fingerprint density at radius 1 is 1.39 bits per heavy atom. The second-order valence-corrected chi connectivity index (χ2v) is 3.83. The van der Waals surface area contributed by atoms with Gasteiger partial charge in [-0.25, -0.2) is 15.0 Å². The van der Waals surface area contributed by atoms with Crippen molar-refractivity contribution in [3.8, 4) is 0 Å². The highest BCUT2D eigenvalue weighted by Gasteiger charge is 2.10. The van der Waals surface area contributed by atoms with Gasteiger partial charge < -0.3 is 5.32 Å². The van der Waals surface area contributed by atoms with E-state index in [0.717, 1.165) is 6.07 Å². The van der Waals surface area contributed by atoms with E-state index in [-0.39, 0.29) is 11.0 Å². The predicted molar refractivity (Wildman–Crippen MR) is 63.9 cm³/mol. The molecule has 2 heterocycles. The van der Waals surface area contributed by atoms with Gasteiger partial charge in [-0.3, -0.25) is 4.79 Å². The third-order valence-electron chi connectivity index (χ3n) is 2.04. The molecule has 0 aliphatic carbocycles. The number of nitrogens with one attached hydrogen (secondary N) is 1. The molecule has 1 N–H and O–H groups in total. The lowest BCUT2D eigenvalue weighted by Crippen LogP contribution is -2.14. The summed E-state index contributed by atoms with van der Waals surface area (Å²) >= 11 is 5.65. The van der Waals surface area contributed by atoms with Crippen LogP contribution in [-0.4, -0.2) is 20.9 Å². The number of pyridine rings is 1. The Morgan fingerprint density at radius 3 is 2.78 bits per heavy atom. The van der Waals surface area contributed by atoms with Gasteiger partial charge in [-0.1, -0.05) is 0 Å². The van der Waals surface area contributed by atoms with E-state index in [2.05, 4.69) is 20.3 Å². The first-order valence-corrected chi connectivity index (χ1v) is 5.36. The lowest BCUT2D eigenvalue weighted by Gasteiger charge is -2.04. The van der Waals surface area contributed by atoms with Gasteiger partial charge in [0.15, 0.2) is 0 Å². The van der Waals surface area contributed by atoms with E-state index in [1.165, 1.54) is 18.3 Å². The zero-order valence-corrected chi connectivity index (χ0v) is 10.1. The van der Waals surface area contributed by atoms with Crippen molar-refractivity contribution < 1.29 is 9.18 Å². The molecule has 0 aliphatic rings. The van der Waals surface area contributed by atoms with E-state index < -0.39 is 11.9 Å². The summed E-state index contributed by atoms with van der Waals surface area (Å²) in [5.74, 6) is -1.08. The van der Waals surface area contributed by atoms with Crippen molar-refractivity contribution in [2.75, 3.05) is 5.32 Å². The van der Waals surface area contributed by atoms with Crippen LogP contribution < -0.4 is 5.32 Å². The molecule has 92 valence electrons. The Hall–Kier alpha value is -2.08. The molecule has 0 aromatic carbocycles. The van der Waals surface area contributed by atoms with Crippen LogP contribution in [0.3, 0.4) is 0 Å². The summed E-state index contributed by atoms with van der Waals surface area (Å²) in [6.45, 7) is 1.70. The highest BCUT2D eigenvalue weighted by molar-refractivity contribution is 6.28. The summed E-state index contributed by atoms with van der Waals surface area (Å²) in [6.07, 6.45) is 1.21. The number of nitrogens with zero attached hydrogens (tertiary/aromatic N) is 3. The molecule has 0 spiro atoms. The minimum absolute atomic E-state index is 0.00242. The number of rotatable bonds is 2. The first-order chi connectivity index (χ1) is 8.54. The number of hydrogen-bond donors (Lipinski definition) is 1. The minimum atomic E-state index is -0.617. The maximum Gasteiger partial charge on any atom is 0.274 e. The molecule has 0 saturated carbocycles. The molecule has 0 radical (unpaired) electrons. The lowest BCUT2D eigenvalue weighted by atomic mass is 10.3. The van der Waals surface area contributed by atoms with E-state index in [4.69, 9.17) is 11.6 Å². The third-order valence-corrected chi connectivity index (χ3v) is 2.21. The van der Waals surface area contributed by atoms with Crippen LogP contribution in [0.1, 0.15) is 16.2 Å². The number of hydrogen-bond acceptors (Lipinski definition) is 4. The predicted octanol–water partition coefficient (Wildman–Crippen LogP) is 2.22. The van der Waals surface area contributed by atoms with Crippen LogP contribution in [0.5, 0.6) is 0 Å². The molecular weight excluding hydrogens is 259 g/mol. The van der Waals surface area contributed by atoms with Crippen LogP contribution >= 0.6 is 11.6 Å². The van der Waals surface area contributed by atoms with Crippen molar-refractivity contribution in [1.82, 2.24) is 15.0 Å². The third kappa shape index (κ3) is 2.98. The zero-order chi connectivity index (χ0) is 13.1. The second-order valence-electron chi connectivity index (χ2n) is 3.49. The highest BCUT2D eigenvalue weighted by atomic mass is 35.5. The van der Waals surface area contributed by atoms with Gasteiger partial charge in [0.2, 0.25) is 11.2 Å². The molecule has 0 atom stereocenters. The normalized spacial score (nSPS) is 10.2. The molecule has 2 rings (SSSR count). The Bertz CT molecular complexity index is 568. The maximum atomic E-state index is 12.6. The molecule has 0 bridgehead atoms. The number of halogens is 2. The van der Waals surface area contributed by atoms with Gasteiger partial charge in [0.25, 0.3) is 5.91 Å². The first-order valence-electron chi connectivity index (χ1n) is 4.99. The van der Waals surface area contributed by atoms with Crippen molar-refractivity contribution in [2.45, 2.75) is 6.92 Å². The van der Waals surface area contributed by atoms with Gasteiger partial charge in [-0.15, -0.1) is 0 Å². The quantitative estimate of drug-likeness (QED) is 0.668. The molecule has 0 aliphatic heterocycles. The fourth-order valence-electron chi connectivity index (χ4n) is 1.29. The first kappa shape index (κ1) is 12.4. The SMILES string of the molecule is Cc1cc(C(=O)Nc2ccc(F)nc2)nc(Cl)n1. The number of amides is 1. The van der Waals surface area contributed by atoms with E-state index in [0.29, 0.717) is 11.4 Å². The van der Waals surface area contributed by atoms with Gasteiger partial charge in [0.1, 0.15) is 5.69 Å². The summed E-state index contributed by atoms with van der Waals surface area (Å²) in [5, 5.41) is 2.52. The molecule has 1 amide bonds. The van der Waals surface area contributed by atoms with E-state index in [9.17, 15) is 9.18 Å². The van der Waals surface area contributed by atoms with Gasteiger partial charge in [0.05, 0.1) is 11.9 Å². The summed E-state index contributed by atoms with van der Waals surface area (Å²) in [6, 6.07) is 4.04. The lowest BCUT2D eigenvalue weighted by molar-refractivity contribution is 0.102. The zero-order valence-electron chi connectivity index (χ0n) is 9.32. The fourth-order valence-corrected chi connectivity index (χ4v) is 1.52. The van der Waals surface area contributed by atoms with E-state index in [1.807, 2.05) is 0 Å². The Labute approximate surface area is 107 Å². The largest absolute Gasteiger partial charge is 0.319 e. The summed E-state index contributed by atoms with van der Waals surface area (Å²) in [4.78, 5) is 22.9. The van der Waals surface area contributed by atoms with Gasteiger partial charge in [-0.2, -0.15) is 4.39 Å². The van der Waals surface area contributed by atoms with Crippen LogP contribution in [0.25, 0.3) is 0 Å². The molecule has 2 aromatic heterocycles. The number of aryl methyl sites for hydroxylation is 1. The number of anilines is 1. The molecule has 5 nitrogen and oxygen atoms in total. The summed E-state index contributed by atoms with van der Waals surface area (Å²) in [5.41, 5.74) is 1.09. The molecular formula is C11H8ClFN4O. The van der Waals surface area contributed by atoms with Crippen LogP contribution in [0.4, 0.5) is 10.1 Å². The number of carbonyl (C=O) groups is 1. The minimum Gasteiger partial charge on any atom is -0.319 e. The van der Waals surface area contributed by atoms with Gasteiger partial charge in [-0.05, 0) is 36.7 Å². The molecule has 0 fully saturated rings. The van der Waals surface area contributed by atoms with Crippen molar-refractivity contribution in [3.05, 3.63) is 47.0 Å². The summed E-state index contributed by atoms with van der Waals surface area (Å²) < 4.78 is 12.6. The average molecular weight is 267 g/mol. The Kier molecular flexibility index (Phi) is 3.47. The second kappa shape index (κ2) is 5.05. The maximum absolute atomic E-state index is 12.6. The average Bonchev–Trinajstić information content (AvgIpc) is 2.31. The van der Waals surface area contributed by atoms with Crippen molar-refractivity contribution in [3.63, 3.8) is 0 Å². The van der Waals surface area contributed by atoms with Crippen molar-refractivity contribution >= 4 is 23.2 Å². The highest BCUT2D eigenvalue weighted by Crippen LogP contribution is 2.10. The van der Waals surface area contributed by atoms with Crippen LogP contribution in [0, 0.1) is 12.9 Å². The van der Waals surface area contributed by atoms with E-state index >= 15 is 0 Å². The summed E-state index contributed by atoms with van der Waals surface area (Å²) in [7, 11) is 0. The molecule has 0 unspecified atom stereocenters. The Balaban J connectivity index is 2.19. The van der Waals surface area contributed by atoms with Crippen LogP contribution in [0.2, 0.25) is 5.28 Å². The van der Waals surface area contributed by atoms with Gasteiger partial charge >= 0.3 is 0 Å². The monoisotopic (exact) mass is 266 g/mol. The number of aromatic nitrogens is 3. The van der Waals surface area contributed by atoms with Crippen LogP contribution in [0.15, 0.2) is 24.4 Å². The van der Waals surface area contributed by atoms with Crippen LogP contribution in [-0.2, 0) is 0 Å². The van der Waals surface area contributed by atoms with E-state index in [1.54, 1.807) is 6.92 Å². The molecule has 18 heavy (non-hydrogen) atoms.